The molecular weight excluding hydrogens is 506 g/mol. The zero-order valence-corrected chi connectivity index (χ0v) is 22.0. The molecule has 0 spiro atoms. The smallest absolute Gasteiger partial charge is 0.409 e. The highest BCUT2D eigenvalue weighted by atomic mass is 16.6. The lowest BCUT2D eigenvalue weighted by atomic mass is 10.1. The molecule has 2 fully saturated rings. The van der Waals surface area contributed by atoms with Crippen molar-refractivity contribution in [3.8, 4) is 0 Å². The predicted molar refractivity (Wildman–Crippen MR) is 142 cm³/mol. The zero-order chi connectivity index (χ0) is 28.5. The number of aliphatic carboxylic acids is 1. The van der Waals surface area contributed by atoms with E-state index in [4.69, 9.17) is 4.74 Å². The van der Waals surface area contributed by atoms with Gasteiger partial charge in [-0.1, -0.05) is 31.4 Å². The van der Waals surface area contributed by atoms with Crippen molar-refractivity contribution < 1.29 is 34.1 Å². The third kappa shape index (κ3) is 7.73. The molecule has 3 amide bonds. The Morgan fingerprint density at radius 1 is 1.18 bits per heavy atom. The second kappa shape index (κ2) is 13.7. The number of allylic oxidation sites excluding steroid dienone is 4. The first-order chi connectivity index (χ1) is 18.7. The lowest BCUT2D eigenvalue weighted by Gasteiger charge is -2.35. The van der Waals surface area contributed by atoms with E-state index in [1.165, 1.54) is 21.9 Å². The maximum absolute atomic E-state index is 13.4. The summed E-state index contributed by atoms with van der Waals surface area (Å²) < 4.78 is 5.01. The van der Waals surface area contributed by atoms with Crippen LogP contribution in [0.1, 0.15) is 54.1 Å². The molecule has 1 aromatic heterocycles. The van der Waals surface area contributed by atoms with Crippen molar-refractivity contribution in [2.75, 3.05) is 39.4 Å². The van der Waals surface area contributed by atoms with Crippen LogP contribution in [0, 0.1) is 5.92 Å². The minimum Gasteiger partial charge on any atom is -0.481 e. The quantitative estimate of drug-likeness (QED) is 0.334. The number of ether oxygens (including phenoxy) is 1. The summed E-state index contributed by atoms with van der Waals surface area (Å²) in [5, 5.41) is 21.4. The van der Waals surface area contributed by atoms with E-state index in [1.54, 1.807) is 19.1 Å². The average Bonchev–Trinajstić information content (AvgIpc) is 3.73. The van der Waals surface area contributed by atoms with Gasteiger partial charge < -0.3 is 30.1 Å². The molecule has 1 aliphatic heterocycles. The van der Waals surface area contributed by atoms with Crippen LogP contribution >= 0.6 is 0 Å². The van der Waals surface area contributed by atoms with Crippen LogP contribution in [0.25, 0.3) is 5.57 Å². The molecule has 39 heavy (non-hydrogen) atoms. The summed E-state index contributed by atoms with van der Waals surface area (Å²) in [5.41, 5.74) is 1.14. The number of rotatable bonds is 12. The van der Waals surface area contributed by atoms with Crippen molar-refractivity contribution >= 4 is 29.5 Å². The Balaban J connectivity index is 1.81. The van der Waals surface area contributed by atoms with E-state index >= 15 is 0 Å². The minimum atomic E-state index is -1.11. The lowest BCUT2D eigenvalue weighted by Crippen LogP contribution is -2.56. The molecule has 3 unspecified atom stereocenters. The Morgan fingerprint density at radius 3 is 2.44 bits per heavy atom. The monoisotopic (exact) mass is 541 g/mol. The van der Waals surface area contributed by atoms with Crippen molar-refractivity contribution in [2.45, 2.75) is 38.1 Å². The Labute approximate surface area is 227 Å². The van der Waals surface area contributed by atoms with E-state index in [0.29, 0.717) is 11.3 Å². The van der Waals surface area contributed by atoms with Gasteiger partial charge in [0.2, 0.25) is 5.91 Å². The number of amides is 3. The van der Waals surface area contributed by atoms with Crippen LogP contribution in [0.15, 0.2) is 37.5 Å². The third-order valence-corrected chi connectivity index (χ3v) is 6.66. The summed E-state index contributed by atoms with van der Waals surface area (Å²) in [6.45, 7) is 10.4. The lowest BCUT2D eigenvalue weighted by molar-refractivity contribution is -0.138. The van der Waals surface area contributed by atoms with Gasteiger partial charge in [-0.25, -0.2) is 14.8 Å². The van der Waals surface area contributed by atoms with Crippen LogP contribution in [0.5, 0.6) is 0 Å². The van der Waals surface area contributed by atoms with Gasteiger partial charge in [-0.05, 0) is 31.7 Å². The van der Waals surface area contributed by atoms with Gasteiger partial charge in [0.15, 0.2) is 5.82 Å². The number of hydrogen-bond acceptors (Lipinski definition) is 8. The average molecular weight is 542 g/mol. The number of hydrogen-bond donors (Lipinski definition) is 3. The number of aromatic nitrogens is 2. The zero-order valence-electron chi connectivity index (χ0n) is 22.0. The fraction of sp³-hybridized carbons (Fsp3) is 0.481. The summed E-state index contributed by atoms with van der Waals surface area (Å²) in [7, 11) is 0. The van der Waals surface area contributed by atoms with Crippen LogP contribution in [0.3, 0.4) is 0 Å². The molecule has 12 nitrogen and oxygen atoms in total. The standard InChI is InChI=1S/C27H35N5O7/c1-4-7-17(5-2)24-28-21(19-14-18(19)16-33)15-22(29-24)25(36)30-20(8-9-23(34)35)26(37)31-10-12-32(13-11-31)27(38)39-6-3/h4-5,7,15,18-20,33H,1-2,6,8-14,16H2,3H3,(H,30,36)(H,34,35)/b17-7+. The van der Waals surface area contributed by atoms with E-state index in [2.05, 4.69) is 28.4 Å². The van der Waals surface area contributed by atoms with Crippen LogP contribution in [-0.4, -0.2) is 99.3 Å². The van der Waals surface area contributed by atoms with Crippen molar-refractivity contribution in [2.24, 2.45) is 5.92 Å². The highest BCUT2D eigenvalue weighted by Crippen LogP contribution is 2.46. The number of piperazine rings is 1. The van der Waals surface area contributed by atoms with Crippen LogP contribution in [0.4, 0.5) is 4.79 Å². The van der Waals surface area contributed by atoms with E-state index in [-0.39, 0.29) is 75.6 Å². The summed E-state index contributed by atoms with van der Waals surface area (Å²) in [5.74, 6) is -1.94. The van der Waals surface area contributed by atoms with E-state index in [0.717, 1.165) is 6.42 Å². The molecule has 3 rings (SSSR count). The molecule has 0 bridgehead atoms. The topological polar surface area (TPSA) is 162 Å². The number of nitrogens with zero attached hydrogens (tertiary/aromatic N) is 4. The summed E-state index contributed by atoms with van der Waals surface area (Å²) >= 11 is 0. The second-order valence-electron chi connectivity index (χ2n) is 9.32. The molecule has 3 N–H and O–H groups in total. The summed E-state index contributed by atoms with van der Waals surface area (Å²) in [6, 6.07) is 0.420. The molecular formula is C27H35N5O7. The molecule has 2 heterocycles. The van der Waals surface area contributed by atoms with Crippen LogP contribution in [-0.2, 0) is 14.3 Å². The molecule has 1 aromatic rings. The Kier molecular flexibility index (Phi) is 10.3. The number of aliphatic hydroxyl groups excluding tert-OH is 1. The second-order valence-corrected chi connectivity index (χ2v) is 9.32. The number of carboxylic acid groups (broad SMARTS) is 1. The number of aliphatic hydroxyl groups is 1. The Hall–Kier alpha value is -4.06. The van der Waals surface area contributed by atoms with Crippen molar-refractivity contribution in [1.82, 2.24) is 25.1 Å². The van der Waals surface area contributed by atoms with Gasteiger partial charge in [0.05, 0.1) is 6.61 Å². The van der Waals surface area contributed by atoms with Gasteiger partial charge in [0.1, 0.15) is 11.7 Å². The van der Waals surface area contributed by atoms with Crippen LogP contribution in [0.2, 0.25) is 0 Å². The molecule has 1 saturated carbocycles. The number of nitrogens with one attached hydrogen (secondary N) is 1. The Morgan fingerprint density at radius 2 is 1.87 bits per heavy atom. The molecule has 1 aliphatic carbocycles. The maximum atomic E-state index is 13.4. The van der Waals surface area contributed by atoms with Gasteiger partial charge in [-0.3, -0.25) is 14.4 Å². The minimum absolute atomic E-state index is 0.00244. The maximum Gasteiger partial charge on any atom is 0.409 e. The Bertz CT molecular complexity index is 1140. The molecule has 12 heteroatoms. The van der Waals surface area contributed by atoms with Gasteiger partial charge in [-0.15, -0.1) is 0 Å². The first-order valence-electron chi connectivity index (χ1n) is 12.9. The van der Waals surface area contributed by atoms with E-state index in [9.17, 15) is 29.4 Å². The predicted octanol–water partition coefficient (Wildman–Crippen LogP) is 1.59. The summed E-state index contributed by atoms with van der Waals surface area (Å²) in [4.78, 5) is 61.9. The molecule has 0 radical (unpaired) electrons. The third-order valence-electron chi connectivity index (χ3n) is 6.66. The first kappa shape index (κ1) is 29.5. The van der Waals surface area contributed by atoms with Crippen molar-refractivity contribution in [3.05, 3.63) is 54.7 Å². The SMILES string of the molecule is C=C/C=C(\C=C)c1nc(C(=O)NC(CCC(=O)O)C(=O)N2CCN(C(=O)OCC)CC2)cc(C2CC2CO)n1. The fourth-order valence-corrected chi connectivity index (χ4v) is 4.38. The van der Waals surface area contributed by atoms with E-state index < -0.39 is 29.9 Å². The molecule has 210 valence electrons. The molecule has 1 saturated heterocycles. The van der Waals surface area contributed by atoms with Gasteiger partial charge in [0.25, 0.3) is 5.91 Å². The number of carboxylic acids is 1. The van der Waals surface area contributed by atoms with Gasteiger partial charge in [-0.2, -0.15) is 0 Å². The molecule has 3 atom stereocenters. The van der Waals surface area contributed by atoms with Gasteiger partial charge >= 0.3 is 12.1 Å². The van der Waals surface area contributed by atoms with Gasteiger partial charge in [0, 0.05) is 56.4 Å². The normalized spacial score (nSPS) is 19.6. The van der Waals surface area contributed by atoms with E-state index in [1.807, 2.05) is 0 Å². The summed E-state index contributed by atoms with van der Waals surface area (Å²) in [6.07, 6.45) is 4.55. The number of carbonyl (C=O) groups excluding carboxylic acids is 3. The highest BCUT2D eigenvalue weighted by Gasteiger charge is 2.40. The largest absolute Gasteiger partial charge is 0.481 e. The molecule has 2 aliphatic rings. The highest BCUT2D eigenvalue weighted by molar-refractivity contribution is 5.96. The number of carbonyl (C=O) groups is 4. The van der Waals surface area contributed by atoms with Crippen molar-refractivity contribution in [1.29, 1.82) is 0 Å². The van der Waals surface area contributed by atoms with Crippen LogP contribution < -0.4 is 5.32 Å². The fourth-order valence-electron chi connectivity index (χ4n) is 4.38. The first-order valence-corrected chi connectivity index (χ1v) is 12.9. The van der Waals surface area contributed by atoms with Crippen molar-refractivity contribution in [3.63, 3.8) is 0 Å². The molecule has 0 aromatic carbocycles.